The van der Waals surface area contributed by atoms with E-state index in [2.05, 4.69) is 6.58 Å². The van der Waals surface area contributed by atoms with Crippen molar-refractivity contribution in [3.8, 4) is 0 Å². The van der Waals surface area contributed by atoms with Crippen LogP contribution in [0.4, 0.5) is 0 Å². The van der Waals surface area contributed by atoms with Crippen molar-refractivity contribution >= 4 is 5.97 Å². The Morgan fingerprint density at radius 3 is 2.62 bits per heavy atom. The first kappa shape index (κ1) is 12.5. The van der Waals surface area contributed by atoms with E-state index in [-0.39, 0.29) is 0 Å². The molecule has 3 nitrogen and oxygen atoms in total. The van der Waals surface area contributed by atoms with E-state index in [1.807, 2.05) is 18.2 Å². The Hall–Kier alpha value is -1.61. The summed E-state index contributed by atoms with van der Waals surface area (Å²) in [5.74, 6) is -1.17. The lowest BCUT2D eigenvalue weighted by Gasteiger charge is -2.18. The van der Waals surface area contributed by atoms with Crippen LogP contribution in [0.2, 0.25) is 0 Å². The molecule has 1 N–H and O–H groups in total. The Morgan fingerprint density at radius 2 is 2.12 bits per heavy atom. The number of benzene rings is 1. The molecule has 0 aliphatic carbocycles. The normalized spacial score (nSPS) is 13.9. The molecule has 0 unspecified atom stereocenters. The highest BCUT2D eigenvalue weighted by molar-refractivity contribution is 5.75. The molecule has 2 atom stereocenters. The largest absolute Gasteiger partial charge is 0.465 e. The summed E-state index contributed by atoms with van der Waals surface area (Å²) >= 11 is 0. The first-order valence-electron chi connectivity index (χ1n) is 5.23. The number of hydrogen-bond acceptors (Lipinski definition) is 3. The van der Waals surface area contributed by atoms with Crippen LogP contribution < -0.4 is 0 Å². The van der Waals surface area contributed by atoms with Crippen molar-refractivity contribution in [3.63, 3.8) is 0 Å². The van der Waals surface area contributed by atoms with Crippen LogP contribution in [0.3, 0.4) is 0 Å². The maximum absolute atomic E-state index is 11.5. The minimum absolute atomic E-state index is 0.296. The Bertz CT molecular complexity index is 345. The second-order valence-corrected chi connectivity index (χ2v) is 3.37. The van der Waals surface area contributed by atoms with Gasteiger partial charge in [0.25, 0.3) is 0 Å². The van der Waals surface area contributed by atoms with E-state index in [4.69, 9.17) is 4.74 Å². The first-order chi connectivity index (χ1) is 7.70. The van der Waals surface area contributed by atoms with Crippen LogP contribution in [0.25, 0.3) is 0 Å². The summed E-state index contributed by atoms with van der Waals surface area (Å²) in [5.41, 5.74) is 0.681. The summed E-state index contributed by atoms with van der Waals surface area (Å²) in [6, 6.07) is 9.00. The molecule has 0 spiro atoms. The fraction of sp³-hybridized carbons (Fsp3) is 0.308. The standard InChI is InChI=1S/C13H16O3/c1-3-11(13(15)16-4-2)12(14)10-8-6-5-7-9-10/h3,5-9,11-12,14H,1,4H2,2H3/t11-,12-/m0/s1. The lowest BCUT2D eigenvalue weighted by molar-refractivity contribution is -0.149. The maximum atomic E-state index is 11.5. The minimum Gasteiger partial charge on any atom is -0.465 e. The van der Waals surface area contributed by atoms with Gasteiger partial charge in [0.15, 0.2) is 0 Å². The molecule has 0 aliphatic rings. The quantitative estimate of drug-likeness (QED) is 0.610. The van der Waals surface area contributed by atoms with Crippen molar-refractivity contribution in [2.45, 2.75) is 13.0 Å². The van der Waals surface area contributed by atoms with Gasteiger partial charge < -0.3 is 9.84 Å². The van der Waals surface area contributed by atoms with Crippen LogP contribution >= 0.6 is 0 Å². The van der Waals surface area contributed by atoms with Crippen molar-refractivity contribution in [2.75, 3.05) is 6.61 Å². The van der Waals surface area contributed by atoms with Gasteiger partial charge in [-0.1, -0.05) is 36.4 Å². The van der Waals surface area contributed by atoms with Gasteiger partial charge in [-0.25, -0.2) is 0 Å². The molecular formula is C13H16O3. The van der Waals surface area contributed by atoms with E-state index in [1.165, 1.54) is 6.08 Å². The Labute approximate surface area is 95.4 Å². The first-order valence-corrected chi connectivity index (χ1v) is 5.23. The van der Waals surface area contributed by atoms with Gasteiger partial charge in [0.05, 0.1) is 12.7 Å². The van der Waals surface area contributed by atoms with Crippen molar-refractivity contribution < 1.29 is 14.6 Å². The highest BCUT2D eigenvalue weighted by atomic mass is 16.5. The number of hydrogen-bond donors (Lipinski definition) is 1. The second kappa shape index (κ2) is 6.08. The van der Waals surface area contributed by atoms with Crippen molar-refractivity contribution in [1.82, 2.24) is 0 Å². The molecule has 16 heavy (non-hydrogen) atoms. The number of rotatable bonds is 5. The lowest BCUT2D eigenvalue weighted by Crippen LogP contribution is -2.22. The van der Waals surface area contributed by atoms with Crippen molar-refractivity contribution in [1.29, 1.82) is 0 Å². The zero-order valence-corrected chi connectivity index (χ0v) is 9.30. The zero-order valence-electron chi connectivity index (χ0n) is 9.30. The van der Waals surface area contributed by atoms with E-state index >= 15 is 0 Å². The van der Waals surface area contributed by atoms with E-state index in [0.29, 0.717) is 12.2 Å². The van der Waals surface area contributed by atoms with Crippen LogP contribution in [0, 0.1) is 5.92 Å². The highest BCUT2D eigenvalue weighted by Crippen LogP contribution is 2.23. The third kappa shape index (κ3) is 2.94. The third-order valence-electron chi connectivity index (χ3n) is 2.29. The summed E-state index contributed by atoms with van der Waals surface area (Å²) in [7, 11) is 0. The SMILES string of the molecule is C=C[C@H](C(=O)OCC)[C@@H](O)c1ccccc1. The fourth-order valence-electron chi connectivity index (χ4n) is 1.45. The molecular weight excluding hydrogens is 204 g/mol. The Kier molecular flexibility index (Phi) is 4.73. The molecule has 1 aromatic rings. The molecule has 3 heteroatoms. The Morgan fingerprint density at radius 1 is 1.50 bits per heavy atom. The molecule has 86 valence electrons. The van der Waals surface area contributed by atoms with E-state index in [0.717, 1.165) is 0 Å². The molecule has 0 radical (unpaired) electrons. The average molecular weight is 220 g/mol. The highest BCUT2D eigenvalue weighted by Gasteiger charge is 2.26. The van der Waals surface area contributed by atoms with Crippen LogP contribution in [0.1, 0.15) is 18.6 Å². The Balaban J connectivity index is 2.81. The van der Waals surface area contributed by atoms with Crippen molar-refractivity contribution in [2.24, 2.45) is 5.92 Å². The monoisotopic (exact) mass is 220 g/mol. The second-order valence-electron chi connectivity index (χ2n) is 3.37. The van der Waals surface area contributed by atoms with Crippen LogP contribution in [-0.4, -0.2) is 17.7 Å². The van der Waals surface area contributed by atoms with Gasteiger partial charge >= 0.3 is 5.97 Å². The van der Waals surface area contributed by atoms with Gasteiger partial charge in [-0.05, 0) is 12.5 Å². The number of carbonyl (C=O) groups is 1. The summed E-state index contributed by atoms with van der Waals surface area (Å²) in [6.45, 7) is 5.58. The molecule has 0 saturated carbocycles. The molecule has 1 rings (SSSR count). The average Bonchev–Trinajstić information content (AvgIpc) is 2.31. The topological polar surface area (TPSA) is 46.5 Å². The summed E-state index contributed by atoms with van der Waals surface area (Å²) in [5, 5.41) is 10.0. The van der Waals surface area contributed by atoms with Gasteiger partial charge in [-0.15, -0.1) is 6.58 Å². The zero-order chi connectivity index (χ0) is 12.0. The molecule has 0 heterocycles. The third-order valence-corrected chi connectivity index (χ3v) is 2.29. The van der Waals surface area contributed by atoms with Gasteiger partial charge in [0, 0.05) is 0 Å². The molecule has 0 aromatic heterocycles. The predicted octanol–water partition coefficient (Wildman–Crippen LogP) is 2.09. The molecule has 0 amide bonds. The summed E-state index contributed by atoms with van der Waals surface area (Å²) in [4.78, 5) is 11.5. The summed E-state index contributed by atoms with van der Waals surface area (Å²) < 4.78 is 4.87. The number of carbonyl (C=O) groups excluding carboxylic acids is 1. The maximum Gasteiger partial charge on any atom is 0.315 e. The number of aliphatic hydroxyl groups excluding tert-OH is 1. The molecule has 1 aromatic carbocycles. The van der Waals surface area contributed by atoms with E-state index in [1.54, 1.807) is 19.1 Å². The van der Waals surface area contributed by atoms with Gasteiger partial charge in [-0.2, -0.15) is 0 Å². The molecule has 0 saturated heterocycles. The van der Waals surface area contributed by atoms with Gasteiger partial charge in [-0.3, -0.25) is 4.79 Å². The van der Waals surface area contributed by atoms with Crippen LogP contribution in [0.5, 0.6) is 0 Å². The van der Waals surface area contributed by atoms with E-state index < -0.39 is 18.0 Å². The van der Waals surface area contributed by atoms with E-state index in [9.17, 15) is 9.90 Å². The van der Waals surface area contributed by atoms with Crippen LogP contribution in [0.15, 0.2) is 43.0 Å². The molecule has 0 aliphatic heterocycles. The van der Waals surface area contributed by atoms with Gasteiger partial charge in [0.1, 0.15) is 5.92 Å². The number of aliphatic hydroxyl groups is 1. The number of ether oxygens (including phenoxy) is 1. The van der Waals surface area contributed by atoms with Crippen molar-refractivity contribution in [3.05, 3.63) is 48.6 Å². The lowest BCUT2D eigenvalue weighted by atomic mass is 9.96. The summed E-state index contributed by atoms with van der Waals surface area (Å²) in [6.07, 6.45) is 0.508. The van der Waals surface area contributed by atoms with Gasteiger partial charge in [0.2, 0.25) is 0 Å². The molecule has 0 fully saturated rings. The predicted molar refractivity (Wildman–Crippen MR) is 61.7 cm³/mol. The number of esters is 1. The molecule has 0 bridgehead atoms. The fourth-order valence-corrected chi connectivity index (χ4v) is 1.45. The smallest absolute Gasteiger partial charge is 0.315 e. The minimum atomic E-state index is -0.905. The van der Waals surface area contributed by atoms with Crippen LogP contribution in [-0.2, 0) is 9.53 Å².